The van der Waals surface area contributed by atoms with Gasteiger partial charge in [0.1, 0.15) is 16.8 Å². The van der Waals surface area contributed by atoms with Gasteiger partial charge in [-0.3, -0.25) is 0 Å². The molecule has 0 bridgehead atoms. The van der Waals surface area contributed by atoms with Gasteiger partial charge in [0.2, 0.25) is 0 Å². The highest BCUT2D eigenvalue weighted by atomic mass is 32.2. The molecule has 2 rings (SSSR count). The number of thioether (sulfide) groups is 1. The molecule has 0 radical (unpaired) electrons. The number of benzene rings is 1. The molecule has 2 aromatic rings. The van der Waals surface area contributed by atoms with Crippen molar-refractivity contribution in [2.24, 2.45) is 0 Å². The normalized spacial score (nSPS) is 12.6. The van der Waals surface area contributed by atoms with Gasteiger partial charge >= 0.3 is 6.18 Å². The van der Waals surface area contributed by atoms with Crippen LogP contribution in [0.25, 0.3) is 0 Å². The molecule has 144 valence electrons. The van der Waals surface area contributed by atoms with E-state index in [1.807, 2.05) is 36.4 Å². The summed E-state index contributed by atoms with van der Waals surface area (Å²) in [4.78, 5) is 3.70. The fourth-order valence-electron chi connectivity index (χ4n) is 2.43. The summed E-state index contributed by atoms with van der Waals surface area (Å²) in [5.41, 5.74) is 0.0774. The highest BCUT2D eigenvalue weighted by Crippen LogP contribution is 2.39. The standard InChI is InChI=1S/C19H20F3N3OS/c20-19(21,22)17-8-7-15(13-23)18(25-17)27-16(9-11-24-10-4-12-26)14-5-2-1-3-6-14/h1-3,5-8,16,24,26H,4,9-12H2/t16-/m1/s1. The molecule has 0 aliphatic heterocycles. The van der Waals surface area contributed by atoms with Gasteiger partial charge in [0.15, 0.2) is 0 Å². The molecule has 0 unspecified atom stereocenters. The lowest BCUT2D eigenvalue weighted by Gasteiger charge is -2.18. The molecule has 2 N–H and O–H groups in total. The zero-order chi connectivity index (χ0) is 19.7. The minimum atomic E-state index is -4.56. The monoisotopic (exact) mass is 395 g/mol. The largest absolute Gasteiger partial charge is 0.433 e. The third kappa shape index (κ3) is 6.54. The first-order valence-corrected chi connectivity index (χ1v) is 9.35. The molecule has 1 aromatic heterocycles. The maximum atomic E-state index is 13.0. The molecule has 27 heavy (non-hydrogen) atoms. The lowest BCUT2D eigenvalue weighted by atomic mass is 10.1. The third-order valence-corrected chi connectivity index (χ3v) is 5.12. The number of nitrogens with one attached hydrogen (secondary N) is 1. The maximum absolute atomic E-state index is 13.0. The van der Waals surface area contributed by atoms with Crippen LogP contribution >= 0.6 is 11.8 Å². The summed E-state index contributed by atoms with van der Waals surface area (Å²) in [7, 11) is 0. The van der Waals surface area contributed by atoms with Crippen molar-refractivity contribution >= 4 is 11.8 Å². The van der Waals surface area contributed by atoms with Crippen molar-refractivity contribution in [3.63, 3.8) is 0 Å². The number of nitrogens with zero attached hydrogens (tertiary/aromatic N) is 2. The predicted molar refractivity (Wildman–Crippen MR) is 98.2 cm³/mol. The second kappa shape index (κ2) is 10.3. The number of nitriles is 1. The van der Waals surface area contributed by atoms with Gasteiger partial charge in [-0.25, -0.2) is 4.98 Å². The molecule has 0 saturated carbocycles. The summed E-state index contributed by atoms with van der Waals surface area (Å²) in [5.74, 6) is 0. The van der Waals surface area contributed by atoms with E-state index in [1.165, 1.54) is 6.07 Å². The molecule has 0 aliphatic carbocycles. The number of aliphatic hydroxyl groups is 1. The van der Waals surface area contributed by atoms with Crippen molar-refractivity contribution in [1.82, 2.24) is 10.3 Å². The minimum Gasteiger partial charge on any atom is -0.396 e. The van der Waals surface area contributed by atoms with Crippen LogP contribution in [-0.4, -0.2) is 29.8 Å². The van der Waals surface area contributed by atoms with Crippen molar-refractivity contribution < 1.29 is 18.3 Å². The first kappa shape index (κ1) is 21.2. The van der Waals surface area contributed by atoms with Crippen LogP contribution in [0.3, 0.4) is 0 Å². The smallest absolute Gasteiger partial charge is 0.396 e. The van der Waals surface area contributed by atoms with Crippen LogP contribution in [0.5, 0.6) is 0 Å². The average molecular weight is 395 g/mol. The number of hydrogen-bond donors (Lipinski definition) is 2. The van der Waals surface area contributed by atoms with Gasteiger partial charge in [0.25, 0.3) is 0 Å². The highest BCUT2D eigenvalue weighted by Gasteiger charge is 2.33. The Morgan fingerprint density at radius 2 is 1.89 bits per heavy atom. The maximum Gasteiger partial charge on any atom is 0.433 e. The molecule has 0 saturated heterocycles. The van der Waals surface area contributed by atoms with Gasteiger partial charge in [-0.1, -0.05) is 42.1 Å². The van der Waals surface area contributed by atoms with E-state index in [1.54, 1.807) is 0 Å². The molecule has 0 aliphatic rings. The summed E-state index contributed by atoms with van der Waals surface area (Å²) < 4.78 is 39.0. The van der Waals surface area contributed by atoms with Crippen LogP contribution in [-0.2, 0) is 6.18 Å². The number of aromatic nitrogens is 1. The average Bonchev–Trinajstić information content (AvgIpc) is 2.66. The van der Waals surface area contributed by atoms with E-state index in [0.717, 1.165) is 23.4 Å². The lowest BCUT2D eigenvalue weighted by molar-refractivity contribution is -0.141. The molecule has 0 spiro atoms. The van der Waals surface area contributed by atoms with Gasteiger partial charge in [-0.05, 0) is 43.6 Å². The van der Waals surface area contributed by atoms with Gasteiger partial charge in [0, 0.05) is 11.9 Å². The van der Waals surface area contributed by atoms with Crippen molar-refractivity contribution in [2.75, 3.05) is 19.7 Å². The van der Waals surface area contributed by atoms with Crippen molar-refractivity contribution in [1.29, 1.82) is 5.26 Å². The topological polar surface area (TPSA) is 68.9 Å². The number of alkyl halides is 3. The molecule has 1 atom stereocenters. The van der Waals surface area contributed by atoms with Gasteiger partial charge < -0.3 is 10.4 Å². The van der Waals surface area contributed by atoms with E-state index in [9.17, 15) is 18.4 Å². The Morgan fingerprint density at radius 1 is 1.15 bits per heavy atom. The first-order valence-electron chi connectivity index (χ1n) is 8.47. The van der Waals surface area contributed by atoms with E-state index >= 15 is 0 Å². The zero-order valence-corrected chi connectivity index (χ0v) is 15.4. The molecule has 8 heteroatoms. The lowest BCUT2D eigenvalue weighted by Crippen LogP contribution is -2.19. The van der Waals surface area contributed by atoms with Crippen LogP contribution in [0, 0.1) is 11.3 Å². The zero-order valence-electron chi connectivity index (χ0n) is 14.5. The quantitative estimate of drug-likeness (QED) is 0.493. The summed E-state index contributed by atoms with van der Waals surface area (Å²) >= 11 is 1.16. The molecular weight excluding hydrogens is 375 g/mol. The second-order valence-electron chi connectivity index (χ2n) is 5.79. The van der Waals surface area contributed by atoms with E-state index in [0.29, 0.717) is 25.9 Å². The Morgan fingerprint density at radius 3 is 2.52 bits per heavy atom. The third-order valence-electron chi connectivity index (χ3n) is 3.79. The number of pyridine rings is 1. The van der Waals surface area contributed by atoms with Crippen molar-refractivity contribution in [3.8, 4) is 6.07 Å². The van der Waals surface area contributed by atoms with Crippen molar-refractivity contribution in [2.45, 2.75) is 29.3 Å². The SMILES string of the molecule is N#Cc1ccc(C(F)(F)F)nc1S[C@H](CCNCCCO)c1ccccc1. The molecule has 0 amide bonds. The predicted octanol–water partition coefficient (Wildman–Crippen LogP) is 4.17. The molecular formula is C19H20F3N3OS. The Hall–Kier alpha value is -2.08. The summed E-state index contributed by atoms with van der Waals surface area (Å²) in [6.07, 6.45) is -3.28. The van der Waals surface area contributed by atoms with E-state index in [2.05, 4.69) is 10.3 Å². The summed E-state index contributed by atoms with van der Waals surface area (Å²) in [5, 5.41) is 21.2. The highest BCUT2D eigenvalue weighted by molar-refractivity contribution is 7.99. The van der Waals surface area contributed by atoms with E-state index in [4.69, 9.17) is 5.11 Å². The summed E-state index contributed by atoms with van der Waals surface area (Å²) in [6, 6.07) is 13.3. The van der Waals surface area contributed by atoms with Gasteiger partial charge in [-0.15, -0.1) is 0 Å². The van der Waals surface area contributed by atoms with E-state index in [-0.39, 0.29) is 22.4 Å². The van der Waals surface area contributed by atoms with Crippen LogP contribution in [0.4, 0.5) is 13.2 Å². The molecule has 4 nitrogen and oxygen atoms in total. The fourth-order valence-corrected chi connectivity index (χ4v) is 3.62. The van der Waals surface area contributed by atoms with Gasteiger partial charge in [-0.2, -0.15) is 18.4 Å². The number of hydrogen-bond acceptors (Lipinski definition) is 5. The number of aliphatic hydroxyl groups excluding tert-OH is 1. The molecule has 1 aromatic carbocycles. The van der Waals surface area contributed by atoms with E-state index < -0.39 is 11.9 Å². The van der Waals surface area contributed by atoms with Crippen LogP contribution < -0.4 is 5.32 Å². The van der Waals surface area contributed by atoms with Crippen LogP contribution in [0.2, 0.25) is 0 Å². The van der Waals surface area contributed by atoms with Gasteiger partial charge in [0.05, 0.1) is 5.56 Å². The first-order chi connectivity index (χ1) is 13.0. The summed E-state index contributed by atoms with van der Waals surface area (Å²) in [6.45, 7) is 1.39. The molecule has 1 heterocycles. The Labute approximate surface area is 160 Å². The Balaban J connectivity index is 2.22. The van der Waals surface area contributed by atoms with Crippen LogP contribution in [0.1, 0.15) is 34.9 Å². The number of rotatable bonds is 9. The minimum absolute atomic E-state index is 0.0801. The number of halogens is 3. The Kier molecular flexibility index (Phi) is 8.10. The van der Waals surface area contributed by atoms with Crippen molar-refractivity contribution in [3.05, 3.63) is 59.3 Å². The second-order valence-corrected chi connectivity index (χ2v) is 6.98. The van der Waals surface area contributed by atoms with Crippen LogP contribution in [0.15, 0.2) is 47.5 Å². The fraction of sp³-hybridized carbons (Fsp3) is 0.368. The Bertz CT molecular complexity index is 763. The molecule has 0 fully saturated rings.